The molecule has 1 aromatic carbocycles. The van der Waals surface area contributed by atoms with Gasteiger partial charge in [0.25, 0.3) is 0 Å². The van der Waals surface area contributed by atoms with E-state index < -0.39 is 8.07 Å². The number of hydrogen-bond acceptors (Lipinski definition) is 1. The monoisotopic (exact) mass is 236 g/mol. The number of hydrogen-bond donors (Lipinski definition) is 0. The normalized spacial score (nSPS) is 11.4. The van der Waals surface area contributed by atoms with Crippen LogP contribution in [0, 0.1) is 0 Å². The van der Waals surface area contributed by atoms with Crippen molar-refractivity contribution in [1.29, 1.82) is 0 Å². The van der Waals surface area contributed by atoms with Gasteiger partial charge in [-0.25, -0.2) is 0 Å². The van der Waals surface area contributed by atoms with E-state index in [0.717, 1.165) is 0 Å². The lowest BCUT2D eigenvalue weighted by Crippen LogP contribution is -2.19. The molecule has 2 heteroatoms. The van der Waals surface area contributed by atoms with Gasteiger partial charge in [0.1, 0.15) is 0 Å². The van der Waals surface area contributed by atoms with E-state index in [9.17, 15) is 0 Å². The molecule has 1 aromatic rings. The van der Waals surface area contributed by atoms with Gasteiger partial charge >= 0.3 is 0 Å². The molecule has 0 spiro atoms. The van der Waals surface area contributed by atoms with Crippen molar-refractivity contribution in [1.82, 2.24) is 0 Å². The summed E-state index contributed by atoms with van der Waals surface area (Å²) in [6.45, 7) is 11.0. The fourth-order valence-corrected chi connectivity index (χ4v) is 4.60. The van der Waals surface area contributed by atoms with E-state index in [1.807, 2.05) is 17.8 Å². The summed E-state index contributed by atoms with van der Waals surface area (Å²) in [5, 5.41) is 0. The number of thioether (sulfide) groups is 1. The summed E-state index contributed by atoms with van der Waals surface area (Å²) in [5.41, 5.74) is 1.20. The minimum atomic E-state index is -0.866. The van der Waals surface area contributed by atoms with E-state index in [1.54, 1.807) is 0 Å². The van der Waals surface area contributed by atoms with Crippen molar-refractivity contribution in [3.05, 3.63) is 36.4 Å². The van der Waals surface area contributed by atoms with Gasteiger partial charge in [-0.1, -0.05) is 44.4 Å². The molecule has 0 N–H and O–H groups in total. The molecule has 15 heavy (non-hydrogen) atoms. The van der Waals surface area contributed by atoms with E-state index in [-0.39, 0.29) is 0 Å². The van der Waals surface area contributed by atoms with Crippen molar-refractivity contribution in [3.8, 4) is 0 Å². The molecule has 0 aliphatic rings. The van der Waals surface area contributed by atoms with Crippen LogP contribution in [0.25, 0.3) is 6.08 Å². The molecule has 0 unspecified atom stereocenters. The summed E-state index contributed by atoms with van der Waals surface area (Å²) in [7, 11) is -0.866. The van der Waals surface area contributed by atoms with E-state index in [1.165, 1.54) is 22.3 Å². The van der Waals surface area contributed by atoms with Gasteiger partial charge in [0, 0.05) is 13.0 Å². The largest absolute Gasteiger partial charge is 0.126 e. The van der Waals surface area contributed by atoms with Crippen LogP contribution < -0.4 is 0 Å². The fraction of sp³-hybridized carbons (Fsp3) is 0.385. The number of benzene rings is 1. The smallest absolute Gasteiger partial charge is 0.0450 e. The van der Waals surface area contributed by atoms with Crippen LogP contribution in [0.2, 0.25) is 25.7 Å². The molecule has 82 valence electrons. The Morgan fingerprint density at radius 2 is 1.80 bits per heavy atom. The molecule has 1 rings (SSSR count). The van der Waals surface area contributed by atoms with Crippen molar-refractivity contribution in [2.24, 2.45) is 0 Å². The van der Waals surface area contributed by atoms with Crippen LogP contribution in [0.4, 0.5) is 0 Å². The lowest BCUT2D eigenvalue weighted by atomic mass is 10.2. The van der Waals surface area contributed by atoms with Crippen molar-refractivity contribution < 1.29 is 0 Å². The van der Waals surface area contributed by atoms with E-state index in [0.29, 0.717) is 0 Å². The van der Waals surface area contributed by atoms with Crippen LogP contribution in [-0.4, -0.2) is 13.8 Å². The highest BCUT2D eigenvalue weighted by Gasteiger charge is 2.11. The Bertz CT molecular complexity index is 308. The van der Waals surface area contributed by atoms with Gasteiger partial charge in [0.15, 0.2) is 0 Å². The Kier molecular flexibility index (Phi) is 4.67. The molecule has 0 atom stereocenters. The molecule has 0 saturated heterocycles. The van der Waals surface area contributed by atoms with Gasteiger partial charge in [0.05, 0.1) is 0 Å². The Labute approximate surface area is 98.8 Å². The molecular formula is C13H20SSi. The Balaban J connectivity index is 2.41. The Morgan fingerprint density at radius 1 is 1.20 bits per heavy atom. The number of rotatable bonds is 5. The van der Waals surface area contributed by atoms with E-state index >= 15 is 0 Å². The maximum atomic E-state index is 3.75. The summed E-state index contributed by atoms with van der Waals surface area (Å²) in [6.07, 6.45) is 1.89. The molecule has 0 nitrogen and oxygen atoms in total. The van der Waals surface area contributed by atoms with Crippen LogP contribution in [0.15, 0.2) is 35.7 Å². The third-order valence-corrected chi connectivity index (χ3v) is 5.36. The molecule has 0 radical (unpaired) electrons. The quantitative estimate of drug-likeness (QED) is 0.525. The second kappa shape index (κ2) is 5.57. The average Bonchev–Trinajstić information content (AvgIpc) is 2.17. The van der Waals surface area contributed by atoms with Crippen LogP contribution in [0.5, 0.6) is 0 Å². The molecule has 0 fully saturated rings. The predicted octanol–water partition coefficient (Wildman–Crippen LogP) is 4.76. The summed E-state index contributed by atoms with van der Waals surface area (Å²) in [5.74, 6) is 1.25. The zero-order valence-corrected chi connectivity index (χ0v) is 11.7. The Morgan fingerprint density at radius 3 is 2.27 bits per heavy atom. The minimum absolute atomic E-state index is 0.866. The lowest BCUT2D eigenvalue weighted by Gasteiger charge is -2.14. The first-order valence-corrected chi connectivity index (χ1v) is 10.1. The zero-order chi connectivity index (χ0) is 11.3. The molecule has 0 bridgehead atoms. The summed E-state index contributed by atoms with van der Waals surface area (Å²) >= 11 is 1.97. The average molecular weight is 236 g/mol. The summed E-state index contributed by atoms with van der Waals surface area (Å²) in [6, 6.07) is 10.0. The van der Waals surface area contributed by atoms with Crippen molar-refractivity contribution in [2.75, 3.05) is 5.75 Å². The van der Waals surface area contributed by atoms with Crippen LogP contribution in [0.3, 0.4) is 0 Å². The second-order valence-electron chi connectivity index (χ2n) is 4.93. The highest BCUT2D eigenvalue weighted by atomic mass is 32.2. The molecule has 0 aromatic heterocycles. The molecule has 0 aliphatic carbocycles. The molecule has 0 heterocycles. The van der Waals surface area contributed by atoms with Crippen LogP contribution >= 0.6 is 11.8 Å². The fourth-order valence-electron chi connectivity index (χ4n) is 1.18. The molecule has 0 saturated carbocycles. The van der Waals surface area contributed by atoms with E-state index in [4.69, 9.17) is 0 Å². The zero-order valence-electron chi connectivity index (χ0n) is 9.92. The summed E-state index contributed by atoms with van der Waals surface area (Å²) in [4.78, 5) is 1.37. The van der Waals surface area contributed by atoms with Gasteiger partial charge < -0.3 is 0 Å². The maximum Gasteiger partial charge on any atom is 0.0450 e. The maximum absolute atomic E-state index is 3.75. The standard InChI is InChI=1S/C13H20SSi/c1-5-12-6-8-13(9-7-12)14-10-11-15(2,3)4/h5-9H,1,10-11H2,2-4H3. The highest BCUT2D eigenvalue weighted by Crippen LogP contribution is 2.22. The topological polar surface area (TPSA) is 0 Å². The summed E-state index contributed by atoms with van der Waals surface area (Å²) < 4.78 is 0. The van der Waals surface area contributed by atoms with Crippen molar-refractivity contribution in [3.63, 3.8) is 0 Å². The first-order valence-electron chi connectivity index (χ1n) is 5.36. The van der Waals surface area contributed by atoms with Crippen molar-refractivity contribution in [2.45, 2.75) is 30.6 Å². The lowest BCUT2D eigenvalue weighted by molar-refractivity contribution is 1.35. The van der Waals surface area contributed by atoms with Gasteiger partial charge in [0.2, 0.25) is 0 Å². The Hall–Kier alpha value is -0.473. The van der Waals surface area contributed by atoms with Crippen LogP contribution in [0.1, 0.15) is 5.56 Å². The van der Waals surface area contributed by atoms with E-state index in [2.05, 4.69) is 50.5 Å². The van der Waals surface area contributed by atoms with Gasteiger partial charge in [-0.3, -0.25) is 0 Å². The second-order valence-corrected chi connectivity index (χ2v) is 11.7. The van der Waals surface area contributed by atoms with Crippen molar-refractivity contribution >= 4 is 25.9 Å². The molecular weight excluding hydrogens is 216 g/mol. The molecule has 0 amide bonds. The van der Waals surface area contributed by atoms with Gasteiger partial charge in [-0.05, 0) is 29.5 Å². The minimum Gasteiger partial charge on any atom is -0.126 e. The molecule has 0 aliphatic heterocycles. The first-order chi connectivity index (χ1) is 7.01. The highest BCUT2D eigenvalue weighted by molar-refractivity contribution is 7.99. The first kappa shape index (κ1) is 12.6. The van der Waals surface area contributed by atoms with Gasteiger partial charge in [-0.15, -0.1) is 11.8 Å². The van der Waals surface area contributed by atoms with Crippen LogP contribution in [-0.2, 0) is 0 Å². The SMILES string of the molecule is C=Cc1ccc(SCC[Si](C)(C)C)cc1. The third-order valence-electron chi connectivity index (χ3n) is 2.24. The third kappa shape index (κ3) is 5.24. The predicted molar refractivity (Wildman–Crippen MR) is 75.4 cm³/mol. The van der Waals surface area contributed by atoms with Gasteiger partial charge in [-0.2, -0.15) is 0 Å².